The second-order valence-corrected chi connectivity index (χ2v) is 8.67. The summed E-state index contributed by atoms with van der Waals surface area (Å²) in [6.45, 7) is 2.02. The van der Waals surface area contributed by atoms with Crippen LogP contribution < -0.4 is 10.1 Å². The van der Waals surface area contributed by atoms with Gasteiger partial charge in [0.15, 0.2) is 11.7 Å². The Kier molecular flexibility index (Phi) is 6.24. The zero-order chi connectivity index (χ0) is 24.8. The van der Waals surface area contributed by atoms with Crippen molar-refractivity contribution < 1.29 is 22.7 Å². The van der Waals surface area contributed by atoms with Crippen molar-refractivity contribution in [3.63, 3.8) is 0 Å². The van der Waals surface area contributed by atoms with Crippen molar-refractivity contribution in [2.75, 3.05) is 19.5 Å². The summed E-state index contributed by atoms with van der Waals surface area (Å²) in [4.78, 5) is 14.5. The van der Waals surface area contributed by atoms with Gasteiger partial charge in [0, 0.05) is 38.8 Å². The maximum absolute atomic E-state index is 14.0. The van der Waals surface area contributed by atoms with Crippen molar-refractivity contribution in [1.82, 2.24) is 24.5 Å². The van der Waals surface area contributed by atoms with E-state index in [0.29, 0.717) is 11.3 Å². The third-order valence-corrected chi connectivity index (χ3v) is 6.24. The molecule has 1 aliphatic rings. The monoisotopic (exact) mass is 496 g/mol. The number of fused-ring (bicyclic) bond motifs is 1. The van der Waals surface area contributed by atoms with Crippen LogP contribution in [0.5, 0.6) is 5.75 Å². The molecule has 0 spiro atoms. The Hall–Kier alpha value is -3.21. The summed E-state index contributed by atoms with van der Waals surface area (Å²) >= 11 is 6.44. The van der Waals surface area contributed by atoms with E-state index < -0.39 is 24.2 Å². The van der Waals surface area contributed by atoms with Gasteiger partial charge < -0.3 is 15.0 Å². The van der Waals surface area contributed by atoms with Crippen LogP contribution in [0.25, 0.3) is 0 Å². The summed E-state index contributed by atoms with van der Waals surface area (Å²) in [5.41, 5.74) is 1.95. The number of hydrogen-bond acceptors (Lipinski definition) is 5. The molecule has 34 heavy (non-hydrogen) atoms. The summed E-state index contributed by atoms with van der Waals surface area (Å²) in [6, 6.07) is 4.12. The predicted molar refractivity (Wildman–Crippen MR) is 120 cm³/mol. The third kappa shape index (κ3) is 4.44. The molecule has 8 nitrogen and oxygen atoms in total. The lowest BCUT2D eigenvalue weighted by Gasteiger charge is -2.33. The van der Waals surface area contributed by atoms with Crippen molar-refractivity contribution in [1.29, 1.82) is 0 Å². The molecule has 1 N–H and O–H groups in total. The zero-order valence-corrected chi connectivity index (χ0v) is 19.8. The van der Waals surface area contributed by atoms with Crippen molar-refractivity contribution in [2.45, 2.75) is 38.1 Å². The first-order chi connectivity index (χ1) is 16.0. The smallest absolute Gasteiger partial charge is 0.410 e. The molecule has 182 valence electrons. The topological polar surface area (TPSA) is 77.2 Å². The molecule has 1 aliphatic heterocycles. The van der Waals surface area contributed by atoms with Crippen LogP contribution >= 0.6 is 11.6 Å². The molecule has 0 saturated carbocycles. The third-order valence-electron chi connectivity index (χ3n) is 5.89. The van der Waals surface area contributed by atoms with Crippen LogP contribution in [0.3, 0.4) is 0 Å². The number of rotatable bonds is 5. The molecule has 12 heteroatoms. The Morgan fingerprint density at radius 3 is 2.53 bits per heavy atom. The number of nitrogens with one attached hydrogen (secondary N) is 1. The lowest BCUT2D eigenvalue weighted by atomic mass is 9.97. The van der Waals surface area contributed by atoms with Gasteiger partial charge in [-0.1, -0.05) is 23.7 Å². The molecule has 1 amide bonds. The number of alkyl halides is 3. The molecule has 2 atom stereocenters. The van der Waals surface area contributed by atoms with Gasteiger partial charge in [-0.15, -0.1) is 0 Å². The molecule has 0 fully saturated rings. The molecule has 0 saturated heterocycles. The number of carbonyl (C=O) groups is 1. The average molecular weight is 497 g/mol. The molecule has 0 aliphatic carbocycles. The first-order valence-electron chi connectivity index (χ1n) is 10.5. The number of carbonyl (C=O) groups excluding carboxylic acids is 1. The van der Waals surface area contributed by atoms with Gasteiger partial charge in [0.25, 0.3) is 5.91 Å². The Morgan fingerprint density at radius 1 is 1.29 bits per heavy atom. The first kappa shape index (κ1) is 23.9. The van der Waals surface area contributed by atoms with E-state index in [0.717, 1.165) is 15.9 Å². The summed E-state index contributed by atoms with van der Waals surface area (Å²) in [5.74, 6) is -0.0287. The number of aromatic nitrogens is 4. The Balaban J connectivity index is 1.66. The van der Waals surface area contributed by atoms with E-state index in [1.165, 1.54) is 19.1 Å². The standard InChI is InChI=1S/C22H24ClF3N6O2/c1-12-14(11-31(3)28-12)10-30(2)21(33)19-18(23)20-27-16(13-5-7-15(34-4)8-6-13)9-17(22(24,25)26)32(20)29-19/h5-8,11,16-17,27H,9-10H2,1-4H3/t16-,17+/m1/s1. The van der Waals surface area contributed by atoms with E-state index in [9.17, 15) is 18.0 Å². The number of benzene rings is 1. The molecule has 0 unspecified atom stereocenters. The van der Waals surface area contributed by atoms with Gasteiger partial charge in [0.05, 0.1) is 18.8 Å². The highest BCUT2D eigenvalue weighted by molar-refractivity contribution is 6.36. The maximum atomic E-state index is 14.0. The molecule has 3 aromatic rings. The largest absolute Gasteiger partial charge is 0.497 e. The van der Waals surface area contributed by atoms with Crippen LogP contribution in [0.15, 0.2) is 30.5 Å². The molecule has 2 aromatic heterocycles. The normalized spacial score (nSPS) is 17.8. The molecule has 3 heterocycles. The number of anilines is 1. The Labute approximate surface area is 199 Å². The highest BCUT2D eigenvalue weighted by Gasteiger charge is 2.48. The van der Waals surface area contributed by atoms with E-state index in [-0.39, 0.29) is 29.5 Å². The SMILES string of the molecule is COc1ccc([C@H]2C[C@@H](C(F)(F)F)n3nc(C(=O)N(C)Cc4cn(C)nc4C)c(Cl)c3N2)cc1. The second kappa shape index (κ2) is 8.86. The Morgan fingerprint density at radius 2 is 1.97 bits per heavy atom. The summed E-state index contributed by atoms with van der Waals surface area (Å²) in [7, 11) is 4.82. The van der Waals surface area contributed by atoms with Gasteiger partial charge >= 0.3 is 6.18 Å². The van der Waals surface area contributed by atoms with Crippen LogP contribution in [0, 0.1) is 6.92 Å². The van der Waals surface area contributed by atoms with E-state index in [2.05, 4.69) is 15.5 Å². The molecule has 0 bridgehead atoms. The minimum absolute atomic E-state index is 0.0367. The second-order valence-electron chi connectivity index (χ2n) is 8.29. The predicted octanol–water partition coefficient (Wildman–Crippen LogP) is 4.52. The fourth-order valence-corrected chi connectivity index (χ4v) is 4.35. The Bertz CT molecular complexity index is 1200. The van der Waals surface area contributed by atoms with Gasteiger partial charge in [0.2, 0.25) is 0 Å². The molecule has 4 rings (SSSR count). The van der Waals surface area contributed by atoms with Crippen LogP contribution in [-0.2, 0) is 13.6 Å². The van der Waals surface area contributed by atoms with Gasteiger partial charge in [-0.25, -0.2) is 4.68 Å². The van der Waals surface area contributed by atoms with Gasteiger partial charge in [0.1, 0.15) is 16.6 Å². The minimum Gasteiger partial charge on any atom is -0.497 e. The molecule has 1 aromatic carbocycles. The van der Waals surface area contributed by atoms with Crippen molar-refractivity contribution >= 4 is 23.3 Å². The van der Waals surface area contributed by atoms with Crippen LogP contribution in [-0.4, -0.2) is 50.7 Å². The number of halogens is 4. The maximum Gasteiger partial charge on any atom is 0.410 e. The number of hydrogen-bond donors (Lipinski definition) is 1. The molecular formula is C22H24ClF3N6O2. The lowest BCUT2D eigenvalue weighted by molar-refractivity contribution is -0.173. The highest BCUT2D eigenvalue weighted by Crippen LogP contribution is 2.46. The summed E-state index contributed by atoms with van der Waals surface area (Å²) < 4.78 is 49.6. The number of methoxy groups -OCH3 is 1. The van der Waals surface area contributed by atoms with Gasteiger partial charge in [-0.3, -0.25) is 9.48 Å². The van der Waals surface area contributed by atoms with E-state index in [1.54, 1.807) is 42.2 Å². The lowest BCUT2D eigenvalue weighted by Crippen LogP contribution is -2.36. The van der Waals surface area contributed by atoms with E-state index in [4.69, 9.17) is 16.3 Å². The quantitative estimate of drug-likeness (QED) is 0.562. The van der Waals surface area contributed by atoms with Gasteiger partial charge in [-0.2, -0.15) is 23.4 Å². The zero-order valence-electron chi connectivity index (χ0n) is 19.0. The number of nitrogens with zero attached hydrogens (tertiary/aromatic N) is 5. The van der Waals surface area contributed by atoms with Crippen LogP contribution in [0.4, 0.5) is 19.0 Å². The number of aryl methyl sites for hydroxylation is 2. The summed E-state index contributed by atoms with van der Waals surface area (Å²) in [5, 5.41) is 11.2. The van der Waals surface area contributed by atoms with Gasteiger partial charge in [-0.05, 0) is 24.6 Å². The molecular weight excluding hydrogens is 473 g/mol. The van der Waals surface area contributed by atoms with Crippen LogP contribution in [0.1, 0.15) is 45.8 Å². The minimum atomic E-state index is -4.59. The fraction of sp³-hybridized carbons (Fsp3) is 0.409. The van der Waals surface area contributed by atoms with Crippen molar-refractivity contribution in [3.8, 4) is 5.75 Å². The number of amides is 1. The average Bonchev–Trinajstić information content (AvgIpc) is 3.29. The number of ether oxygens (including phenoxy) is 1. The summed E-state index contributed by atoms with van der Waals surface area (Å²) in [6.07, 6.45) is -3.12. The van der Waals surface area contributed by atoms with Crippen molar-refractivity contribution in [2.24, 2.45) is 7.05 Å². The fourth-order valence-electron chi connectivity index (χ4n) is 4.09. The highest BCUT2D eigenvalue weighted by atomic mass is 35.5. The van der Waals surface area contributed by atoms with Crippen molar-refractivity contribution in [3.05, 3.63) is 58.0 Å². The van der Waals surface area contributed by atoms with E-state index in [1.807, 2.05) is 6.92 Å². The molecule has 0 radical (unpaired) electrons. The first-order valence-corrected chi connectivity index (χ1v) is 10.9. The van der Waals surface area contributed by atoms with E-state index >= 15 is 0 Å². The van der Waals surface area contributed by atoms with Crippen LogP contribution in [0.2, 0.25) is 5.02 Å².